The average molecular weight is 489 g/mol. The number of hydroxylamine groups is 1. The first-order chi connectivity index (χ1) is 17.5. The Balaban J connectivity index is 1.52. The van der Waals surface area contributed by atoms with Crippen LogP contribution in [-0.2, 0) is 14.4 Å². The largest absolute Gasteiger partial charge is 0.504 e. The predicted molar refractivity (Wildman–Crippen MR) is 134 cm³/mol. The number of fused-ring (bicyclic) bond motifs is 1. The van der Waals surface area contributed by atoms with Gasteiger partial charge in [0.2, 0.25) is 5.91 Å². The number of aromatic hydroxyl groups is 1. The van der Waals surface area contributed by atoms with Gasteiger partial charge < -0.3 is 14.6 Å². The van der Waals surface area contributed by atoms with Crippen molar-refractivity contribution in [3.8, 4) is 17.2 Å². The number of carbonyl (C=O) groups is 2. The van der Waals surface area contributed by atoms with Gasteiger partial charge in [-0.15, -0.1) is 0 Å². The van der Waals surface area contributed by atoms with Crippen LogP contribution in [0.3, 0.4) is 0 Å². The first-order valence-electron chi connectivity index (χ1n) is 12.1. The molecule has 0 bridgehead atoms. The molecule has 5 rings (SSSR count). The van der Waals surface area contributed by atoms with E-state index in [1.54, 1.807) is 41.5 Å². The predicted octanol–water partition coefficient (Wildman–Crippen LogP) is 4.63. The third-order valence-electron chi connectivity index (χ3n) is 6.32. The topological polar surface area (TPSA) is 88.5 Å². The highest BCUT2D eigenvalue weighted by Crippen LogP contribution is 2.48. The van der Waals surface area contributed by atoms with Gasteiger partial charge in [0.05, 0.1) is 30.6 Å². The number of hydrogen-bond acceptors (Lipinski definition) is 7. The lowest BCUT2D eigenvalue weighted by Crippen LogP contribution is -2.37. The monoisotopic (exact) mass is 488 g/mol. The van der Waals surface area contributed by atoms with Crippen LogP contribution in [0.25, 0.3) is 0 Å². The number of amides is 2. The second kappa shape index (κ2) is 9.91. The number of phenolic OH excluding ortho intramolecular Hbond substituents is 1. The second-order valence-electron chi connectivity index (χ2n) is 8.67. The first-order valence-corrected chi connectivity index (χ1v) is 12.1. The number of para-hydroxylation sites is 1. The minimum absolute atomic E-state index is 0.00293. The van der Waals surface area contributed by atoms with Crippen LogP contribution in [0, 0.1) is 5.92 Å². The van der Waals surface area contributed by atoms with Crippen LogP contribution >= 0.6 is 0 Å². The third-order valence-corrected chi connectivity index (χ3v) is 6.32. The van der Waals surface area contributed by atoms with Gasteiger partial charge in [0, 0.05) is 0 Å². The van der Waals surface area contributed by atoms with Crippen molar-refractivity contribution in [1.29, 1.82) is 0 Å². The summed E-state index contributed by atoms with van der Waals surface area (Å²) in [7, 11) is 0. The highest BCUT2D eigenvalue weighted by atomic mass is 16.7. The number of imide groups is 1. The summed E-state index contributed by atoms with van der Waals surface area (Å²) in [6.45, 7) is 4.81. The Labute approximate surface area is 209 Å². The van der Waals surface area contributed by atoms with Crippen LogP contribution in [0.15, 0.2) is 72.8 Å². The molecule has 0 spiro atoms. The molecule has 2 saturated heterocycles. The number of carbonyl (C=O) groups excluding carboxylic acids is 2. The van der Waals surface area contributed by atoms with Crippen molar-refractivity contribution < 1.29 is 29.0 Å². The van der Waals surface area contributed by atoms with Crippen LogP contribution in [0.5, 0.6) is 17.2 Å². The van der Waals surface area contributed by atoms with E-state index in [1.165, 1.54) is 11.0 Å². The highest BCUT2D eigenvalue weighted by Gasteiger charge is 2.60. The zero-order chi connectivity index (χ0) is 25.2. The van der Waals surface area contributed by atoms with E-state index in [0.717, 1.165) is 6.42 Å². The van der Waals surface area contributed by atoms with E-state index in [-0.39, 0.29) is 11.7 Å². The normalized spacial score (nSPS) is 21.1. The molecular weight excluding hydrogens is 460 g/mol. The molecule has 0 saturated carbocycles. The third kappa shape index (κ3) is 4.13. The molecular formula is C28H28N2O6. The summed E-state index contributed by atoms with van der Waals surface area (Å²) in [5.41, 5.74) is 1.88. The van der Waals surface area contributed by atoms with Gasteiger partial charge in [-0.25, -0.2) is 9.96 Å². The number of rotatable bonds is 8. The van der Waals surface area contributed by atoms with Gasteiger partial charge in [0.15, 0.2) is 17.6 Å². The minimum atomic E-state index is -0.983. The van der Waals surface area contributed by atoms with Gasteiger partial charge in [-0.05, 0) is 67.4 Å². The Morgan fingerprint density at radius 2 is 1.64 bits per heavy atom. The summed E-state index contributed by atoms with van der Waals surface area (Å²) >= 11 is 0. The summed E-state index contributed by atoms with van der Waals surface area (Å²) in [5.74, 6) is -0.559. The van der Waals surface area contributed by atoms with Crippen molar-refractivity contribution in [1.82, 2.24) is 0 Å². The first kappa shape index (κ1) is 23.7. The second-order valence-corrected chi connectivity index (χ2v) is 8.67. The van der Waals surface area contributed by atoms with Crippen LogP contribution in [-0.4, -0.2) is 36.2 Å². The molecule has 0 unspecified atom stereocenters. The van der Waals surface area contributed by atoms with Crippen molar-refractivity contribution >= 4 is 23.2 Å². The van der Waals surface area contributed by atoms with Crippen molar-refractivity contribution in [2.45, 2.75) is 32.4 Å². The van der Waals surface area contributed by atoms with Gasteiger partial charge in [-0.2, -0.15) is 0 Å². The van der Waals surface area contributed by atoms with E-state index in [2.05, 4.69) is 0 Å². The van der Waals surface area contributed by atoms with E-state index in [1.807, 2.05) is 44.2 Å². The van der Waals surface area contributed by atoms with Crippen LogP contribution in [0.1, 0.15) is 31.9 Å². The highest BCUT2D eigenvalue weighted by molar-refractivity contribution is 6.23. The lowest BCUT2D eigenvalue weighted by atomic mass is 9.90. The van der Waals surface area contributed by atoms with Crippen molar-refractivity contribution in [3.63, 3.8) is 0 Å². The Kier molecular flexibility index (Phi) is 6.52. The van der Waals surface area contributed by atoms with E-state index < -0.39 is 24.0 Å². The molecule has 2 aliphatic rings. The summed E-state index contributed by atoms with van der Waals surface area (Å²) in [6, 6.07) is 20.6. The van der Waals surface area contributed by atoms with Crippen molar-refractivity contribution in [2.24, 2.45) is 5.92 Å². The summed E-state index contributed by atoms with van der Waals surface area (Å²) < 4.78 is 11.2. The molecule has 0 aliphatic carbocycles. The van der Waals surface area contributed by atoms with Gasteiger partial charge >= 0.3 is 0 Å². The van der Waals surface area contributed by atoms with Gasteiger partial charge in [0.25, 0.3) is 5.91 Å². The Morgan fingerprint density at radius 3 is 2.33 bits per heavy atom. The molecule has 2 fully saturated rings. The van der Waals surface area contributed by atoms with E-state index in [4.69, 9.17) is 14.3 Å². The Morgan fingerprint density at radius 1 is 0.889 bits per heavy atom. The van der Waals surface area contributed by atoms with Crippen molar-refractivity contribution in [2.75, 3.05) is 23.2 Å². The standard InChI is InChI=1S/C28H28N2O6/c1-3-16-35-21-13-11-19(12-14-21)29-27(32)24-25(18-10-15-22(31)23(17-18)34-4-2)30(36-26(24)28(29)33)20-8-6-5-7-9-20/h5-15,17,24-26,31H,3-4,16H2,1-2H3/t24-,25+,26+/m1/s1. The molecule has 1 N–H and O–H groups in total. The maximum atomic E-state index is 13.8. The minimum Gasteiger partial charge on any atom is -0.504 e. The van der Waals surface area contributed by atoms with Crippen LogP contribution in [0.4, 0.5) is 11.4 Å². The maximum absolute atomic E-state index is 13.8. The van der Waals surface area contributed by atoms with Crippen molar-refractivity contribution in [3.05, 3.63) is 78.4 Å². The fourth-order valence-electron chi connectivity index (χ4n) is 4.70. The lowest BCUT2D eigenvalue weighted by molar-refractivity contribution is -0.126. The molecule has 2 heterocycles. The van der Waals surface area contributed by atoms with Crippen LogP contribution in [0.2, 0.25) is 0 Å². The molecule has 2 amide bonds. The molecule has 3 aromatic rings. The number of ether oxygens (including phenoxy) is 2. The Bertz CT molecular complexity index is 1250. The molecule has 3 aromatic carbocycles. The van der Waals surface area contributed by atoms with Gasteiger partial charge in [-0.1, -0.05) is 31.2 Å². The molecule has 2 aliphatic heterocycles. The number of nitrogens with zero attached hydrogens (tertiary/aromatic N) is 2. The fourth-order valence-corrected chi connectivity index (χ4v) is 4.70. The van der Waals surface area contributed by atoms with Gasteiger partial charge in [-0.3, -0.25) is 14.4 Å². The lowest BCUT2D eigenvalue weighted by Gasteiger charge is -2.29. The summed E-state index contributed by atoms with van der Waals surface area (Å²) in [6.07, 6.45) is -0.101. The number of benzene rings is 3. The van der Waals surface area contributed by atoms with E-state index in [9.17, 15) is 14.7 Å². The average Bonchev–Trinajstić information content (AvgIpc) is 3.41. The van der Waals surface area contributed by atoms with E-state index in [0.29, 0.717) is 41.7 Å². The zero-order valence-corrected chi connectivity index (χ0v) is 20.2. The summed E-state index contributed by atoms with van der Waals surface area (Å²) in [5, 5.41) is 11.8. The number of phenols is 1. The molecule has 36 heavy (non-hydrogen) atoms. The zero-order valence-electron chi connectivity index (χ0n) is 20.2. The molecule has 0 aromatic heterocycles. The summed E-state index contributed by atoms with van der Waals surface area (Å²) in [4.78, 5) is 34.6. The van der Waals surface area contributed by atoms with E-state index >= 15 is 0 Å². The van der Waals surface area contributed by atoms with Gasteiger partial charge in [0.1, 0.15) is 11.7 Å². The molecule has 8 heteroatoms. The molecule has 8 nitrogen and oxygen atoms in total. The number of hydrogen-bond donors (Lipinski definition) is 1. The smallest absolute Gasteiger partial charge is 0.266 e. The Hall–Kier alpha value is -4.04. The molecule has 186 valence electrons. The SMILES string of the molecule is CCCOc1ccc(N2C(=O)[C@H]3[C@H](ON(c4ccccc4)[C@H]3c3ccc(O)c(OCC)c3)C2=O)cc1. The maximum Gasteiger partial charge on any atom is 0.266 e. The quantitative estimate of drug-likeness (QED) is 0.463. The molecule has 3 atom stereocenters. The number of anilines is 2. The molecule has 0 radical (unpaired) electrons. The fraction of sp³-hybridized carbons (Fsp3) is 0.286. The van der Waals surface area contributed by atoms with Crippen LogP contribution < -0.4 is 19.4 Å².